The molecule has 1 amide bonds. The maximum Gasteiger partial charge on any atom is 0.343 e. The van der Waals surface area contributed by atoms with E-state index in [1.165, 1.54) is 6.07 Å². The molecular weight excluding hydrogens is 589 g/mol. The highest BCUT2D eigenvalue weighted by Crippen LogP contribution is 2.48. The summed E-state index contributed by atoms with van der Waals surface area (Å²) in [5.74, 6) is -1.58. The maximum absolute atomic E-state index is 15.1. The number of aromatic nitrogens is 2. The normalized spacial score (nSPS) is 22.7. The molecule has 0 spiro atoms. The van der Waals surface area contributed by atoms with Gasteiger partial charge in [-0.1, -0.05) is 39.3 Å². The Morgan fingerprint density at radius 3 is 2.68 bits per heavy atom. The van der Waals surface area contributed by atoms with E-state index in [0.29, 0.717) is 60.1 Å². The summed E-state index contributed by atoms with van der Waals surface area (Å²) in [7, 11) is 0. The average molecular weight is 624 g/mol. The largest absolute Gasteiger partial charge is 0.458 e. The lowest BCUT2D eigenvalue weighted by atomic mass is 9.83. The van der Waals surface area contributed by atoms with Crippen molar-refractivity contribution in [3.8, 4) is 11.4 Å². The molecule has 2 aromatic heterocycles. The summed E-state index contributed by atoms with van der Waals surface area (Å²) < 4.78 is 27.9. The predicted molar refractivity (Wildman–Crippen MR) is 161 cm³/mol. The minimum absolute atomic E-state index is 0.0196. The van der Waals surface area contributed by atoms with E-state index in [1.54, 1.807) is 17.6 Å². The van der Waals surface area contributed by atoms with Gasteiger partial charge < -0.3 is 24.5 Å². The zero-order valence-electron chi connectivity index (χ0n) is 25.2. The molecule has 2 atom stereocenters. The second kappa shape index (κ2) is 9.83. The Morgan fingerprint density at radius 1 is 1.25 bits per heavy atom. The van der Waals surface area contributed by atoms with Crippen molar-refractivity contribution in [3.63, 3.8) is 0 Å². The van der Waals surface area contributed by atoms with Gasteiger partial charge in [0, 0.05) is 29.2 Å². The lowest BCUT2D eigenvalue weighted by molar-refractivity contribution is -0.172. The molecule has 1 fully saturated rings. The van der Waals surface area contributed by atoms with Gasteiger partial charge in [-0.05, 0) is 61.1 Å². The van der Waals surface area contributed by atoms with Crippen LogP contribution in [0.25, 0.3) is 22.3 Å². The first-order valence-electron chi connectivity index (χ1n) is 15.2. The number of carbonyl (C=O) groups excluding carboxylic acids is 2. The molecule has 1 saturated carbocycles. The van der Waals surface area contributed by atoms with Gasteiger partial charge in [0.05, 0.1) is 40.1 Å². The topological polar surface area (TPSA) is 120 Å². The second-order valence-electron chi connectivity index (χ2n) is 13.7. The molecule has 9 nitrogen and oxygen atoms in total. The van der Waals surface area contributed by atoms with Crippen LogP contribution in [-0.4, -0.2) is 38.7 Å². The maximum atomic E-state index is 15.1. The third-order valence-electron chi connectivity index (χ3n) is 9.70. The first kappa shape index (κ1) is 29.4. The Morgan fingerprint density at radius 2 is 2.00 bits per heavy atom. The van der Waals surface area contributed by atoms with Crippen LogP contribution in [0.5, 0.6) is 0 Å². The van der Waals surface area contributed by atoms with E-state index in [9.17, 15) is 19.5 Å². The molecule has 3 aromatic rings. The summed E-state index contributed by atoms with van der Waals surface area (Å²) in [6, 6.07) is 2.47. The van der Waals surface area contributed by atoms with E-state index in [1.807, 2.05) is 0 Å². The van der Waals surface area contributed by atoms with E-state index in [4.69, 9.17) is 26.1 Å². The summed E-state index contributed by atoms with van der Waals surface area (Å²) in [5.41, 5.74) is 0.597. The lowest BCUT2D eigenvalue weighted by Crippen LogP contribution is -2.44. The number of benzene rings is 1. The first-order chi connectivity index (χ1) is 20.8. The van der Waals surface area contributed by atoms with Crippen molar-refractivity contribution in [2.45, 2.75) is 96.6 Å². The molecule has 2 aliphatic heterocycles. The van der Waals surface area contributed by atoms with E-state index < -0.39 is 34.6 Å². The summed E-state index contributed by atoms with van der Waals surface area (Å²) in [5, 5.41) is 15.2. The van der Waals surface area contributed by atoms with Crippen LogP contribution >= 0.6 is 11.6 Å². The molecule has 0 saturated heterocycles. The minimum atomic E-state index is -1.97. The zero-order valence-corrected chi connectivity index (χ0v) is 26.0. The van der Waals surface area contributed by atoms with Gasteiger partial charge in [0.25, 0.3) is 11.5 Å². The number of nitrogens with zero attached hydrogens (tertiary/aromatic N) is 2. The second-order valence-corrected chi connectivity index (χ2v) is 14.1. The Kier molecular flexibility index (Phi) is 6.56. The number of amides is 1. The molecule has 0 unspecified atom stereocenters. The highest BCUT2D eigenvalue weighted by atomic mass is 35.5. The molecule has 4 heterocycles. The van der Waals surface area contributed by atoms with Gasteiger partial charge in [-0.25, -0.2) is 14.2 Å². The van der Waals surface area contributed by atoms with Gasteiger partial charge in [0.1, 0.15) is 18.0 Å². The number of aryl methyl sites for hydroxylation is 1. The van der Waals surface area contributed by atoms with Crippen LogP contribution in [0, 0.1) is 11.2 Å². The van der Waals surface area contributed by atoms with Gasteiger partial charge in [0.2, 0.25) is 0 Å². The van der Waals surface area contributed by atoms with Crippen LogP contribution in [0.3, 0.4) is 0 Å². The molecule has 0 radical (unpaired) electrons. The van der Waals surface area contributed by atoms with Gasteiger partial charge in [-0.3, -0.25) is 9.59 Å². The molecule has 44 heavy (non-hydrogen) atoms. The van der Waals surface area contributed by atoms with Crippen LogP contribution in [0.15, 0.2) is 16.9 Å². The average Bonchev–Trinajstić information content (AvgIpc) is 3.67. The number of esters is 1. The number of nitrogens with one attached hydrogen (secondary N) is 1. The number of carbonyl (C=O) groups is 2. The quantitative estimate of drug-likeness (QED) is 0.291. The summed E-state index contributed by atoms with van der Waals surface area (Å²) >= 11 is 6.48. The fraction of sp³-hybridized carbons (Fsp3) is 0.515. The van der Waals surface area contributed by atoms with Crippen molar-refractivity contribution in [2.75, 3.05) is 6.61 Å². The van der Waals surface area contributed by atoms with Crippen LogP contribution in [-0.2, 0) is 44.2 Å². The van der Waals surface area contributed by atoms with Crippen molar-refractivity contribution in [1.82, 2.24) is 14.9 Å². The Bertz CT molecular complexity index is 1840. The Hall–Kier alpha value is -3.34. The molecule has 7 rings (SSSR count). The highest BCUT2D eigenvalue weighted by Gasteiger charge is 2.52. The predicted octanol–water partition coefficient (Wildman–Crippen LogP) is 4.96. The summed E-state index contributed by atoms with van der Waals surface area (Å²) in [6.07, 6.45) is 3.04. The number of rotatable bonds is 6. The van der Waals surface area contributed by atoms with Crippen LogP contribution < -0.4 is 10.9 Å². The van der Waals surface area contributed by atoms with Gasteiger partial charge in [-0.2, -0.15) is 0 Å². The summed E-state index contributed by atoms with van der Waals surface area (Å²) in [4.78, 5) is 45.0. The number of hydrogen-bond acceptors (Lipinski definition) is 7. The van der Waals surface area contributed by atoms with E-state index in [-0.39, 0.29) is 47.0 Å². The smallest absolute Gasteiger partial charge is 0.343 e. The number of aliphatic hydroxyl groups is 1. The zero-order chi connectivity index (χ0) is 31.3. The minimum Gasteiger partial charge on any atom is -0.458 e. The van der Waals surface area contributed by atoms with Crippen molar-refractivity contribution in [1.29, 1.82) is 0 Å². The molecule has 4 aliphatic rings. The molecule has 232 valence electrons. The van der Waals surface area contributed by atoms with Crippen molar-refractivity contribution < 1.29 is 28.6 Å². The number of cyclic esters (lactones) is 1. The third-order valence-corrected chi connectivity index (χ3v) is 10.1. The molecule has 2 aliphatic carbocycles. The van der Waals surface area contributed by atoms with E-state index >= 15 is 4.39 Å². The number of ether oxygens (including phenoxy) is 2. The van der Waals surface area contributed by atoms with Crippen LogP contribution in [0.4, 0.5) is 4.39 Å². The fourth-order valence-electron chi connectivity index (χ4n) is 6.89. The van der Waals surface area contributed by atoms with Crippen molar-refractivity contribution >= 4 is 34.4 Å². The molecule has 0 bridgehead atoms. The summed E-state index contributed by atoms with van der Waals surface area (Å²) in [6.45, 7) is 8.43. The van der Waals surface area contributed by atoms with Gasteiger partial charge in [-0.15, -0.1) is 0 Å². The lowest BCUT2D eigenvalue weighted by Gasteiger charge is -2.31. The van der Waals surface area contributed by atoms with Crippen LogP contribution in [0.1, 0.15) is 93.7 Å². The number of halogens is 2. The van der Waals surface area contributed by atoms with E-state index in [2.05, 4.69) is 26.1 Å². The van der Waals surface area contributed by atoms with Crippen molar-refractivity contribution in [3.05, 3.63) is 61.1 Å². The Balaban J connectivity index is 1.35. The molecule has 1 aromatic carbocycles. The van der Waals surface area contributed by atoms with Crippen molar-refractivity contribution in [2.24, 2.45) is 5.41 Å². The monoisotopic (exact) mass is 623 g/mol. The highest BCUT2D eigenvalue weighted by molar-refractivity contribution is 6.32. The van der Waals surface area contributed by atoms with Gasteiger partial charge in [0.15, 0.2) is 5.60 Å². The number of fused-ring (bicyclic) bond motifs is 5. The first-order valence-corrected chi connectivity index (χ1v) is 15.6. The number of hydrogen-bond donors (Lipinski definition) is 2. The SMILES string of the molecule is CC[C@@]1(O)C(=O)OCc2c1cc1n(c2=O)Cc2c-1nc1cc(F)c(Cl)c3c1c2[C@@H](NC(=O)C1(OCCC(C)(C)C)CC1)CC3. The van der Waals surface area contributed by atoms with E-state index in [0.717, 1.165) is 17.5 Å². The van der Waals surface area contributed by atoms with Crippen LogP contribution in [0.2, 0.25) is 5.02 Å². The molecule has 2 N–H and O–H groups in total. The Labute approximate surface area is 258 Å². The standard InChI is InChI=1S/C33H35ClFN3O6/c1-5-33(42)19-12-23-27-17(14-38(23)28(39)18(19)15-43-30(33)41)25-21(7-6-16-24(25)22(36-27)13-20(35)26(16)34)37-29(40)32(8-9-32)44-11-10-31(2,3)4/h12-13,21,42H,5-11,14-15H2,1-4H3,(H,37,40)/t21-,33-/m0/s1. The third kappa shape index (κ3) is 4.32. The molecule has 11 heteroatoms. The van der Waals surface area contributed by atoms with Gasteiger partial charge >= 0.3 is 5.97 Å². The molecular formula is C33H35ClFN3O6. The fourth-order valence-corrected chi connectivity index (χ4v) is 7.13. The number of pyridine rings is 2.